The second kappa shape index (κ2) is 26.0. The van der Waals surface area contributed by atoms with Gasteiger partial charge in [0, 0.05) is 36.2 Å². The number of fused-ring (bicyclic) bond motifs is 4. The summed E-state index contributed by atoms with van der Waals surface area (Å²) >= 11 is 5.68. The maximum Gasteiger partial charge on any atom is 0.330 e. The lowest BCUT2D eigenvalue weighted by atomic mass is 9.74. The van der Waals surface area contributed by atoms with Crippen LogP contribution in [0.4, 0.5) is 0 Å². The zero-order valence-corrected chi connectivity index (χ0v) is 40.3. The third-order valence-corrected chi connectivity index (χ3v) is 12.4. The van der Waals surface area contributed by atoms with E-state index in [9.17, 15) is 34.2 Å². The number of rotatable bonds is 16. The third kappa shape index (κ3) is 16.7. The molecule has 4 bridgehead atoms. The summed E-state index contributed by atoms with van der Waals surface area (Å²) < 4.78 is 53.7. The van der Waals surface area contributed by atoms with Crippen LogP contribution >= 0.6 is 11.6 Å². The molecule has 1 aromatic rings. The third-order valence-electron chi connectivity index (χ3n) is 12.2. The molecule has 370 valence electrons. The normalized spacial score (nSPS) is 29.4. The second-order valence-corrected chi connectivity index (χ2v) is 18.9. The highest BCUT2D eigenvalue weighted by atomic mass is 35.5. The fraction of sp³-hybridized carbons (Fsp3) is 0.694. The van der Waals surface area contributed by atoms with Crippen LogP contribution in [0.5, 0.6) is 0 Å². The summed E-state index contributed by atoms with van der Waals surface area (Å²) in [5.41, 5.74) is -1.34. The zero-order chi connectivity index (χ0) is 48.5. The lowest BCUT2D eigenvalue weighted by molar-refractivity contribution is -0.328. The van der Waals surface area contributed by atoms with Gasteiger partial charge in [-0.05, 0) is 43.4 Å². The van der Waals surface area contributed by atoms with Crippen molar-refractivity contribution in [1.29, 1.82) is 0 Å². The van der Waals surface area contributed by atoms with E-state index in [1.807, 2.05) is 30.3 Å². The Kier molecular flexibility index (Phi) is 21.6. The molecule has 0 aromatic heterocycles. The second-order valence-electron chi connectivity index (χ2n) is 18.6. The summed E-state index contributed by atoms with van der Waals surface area (Å²) in [7, 11) is 1.21. The molecule has 17 heteroatoms. The number of aliphatic hydroxyl groups is 2. The van der Waals surface area contributed by atoms with E-state index in [-0.39, 0.29) is 57.0 Å². The molecule has 2 saturated heterocycles. The van der Waals surface area contributed by atoms with E-state index in [2.05, 4.69) is 6.92 Å². The topological polar surface area (TPSA) is 209 Å². The molecule has 4 rings (SSSR count). The summed E-state index contributed by atoms with van der Waals surface area (Å²) in [6.45, 7) is 10.9. The van der Waals surface area contributed by atoms with E-state index in [0.29, 0.717) is 12.8 Å². The molecule has 16 nitrogen and oxygen atoms in total. The summed E-state index contributed by atoms with van der Waals surface area (Å²) in [6, 6.07) is 9.34. The Hall–Kier alpha value is -3.90. The van der Waals surface area contributed by atoms with E-state index in [0.717, 1.165) is 31.2 Å². The lowest BCUT2D eigenvalue weighted by Gasteiger charge is -2.51. The van der Waals surface area contributed by atoms with E-state index in [1.54, 1.807) is 46.8 Å². The highest BCUT2D eigenvalue weighted by Crippen LogP contribution is 2.47. The first-order valence-corrected chi connectivity index (χ1v) is 23.6. The van der Waals surface area contributed by atoms with Crippen LogP contribution in [0.15, 0.2) is 54.1 Å². The van der Waals surface area contributed by atoms with Gasteiger partial charge in [-0.15, -0.1) is 11.6 Å². The summed E-state index contributed by atoms with van der Waals surface area (Å²) in [4.78, 5) is 65.8. The molecule has 3 aliphatic heterocycles. The summed E-state index contributed by atoms with van der Waals surface area (Å²) in [6.07, 6.45) is -0.242. The maximum atomic E-state index is 13.7. The van der Waals surface area contributed by atoms with E-state index >= 15 is 0 Å². The van der Waals surface area contributed by atoms with Crippen LogP contribution in [0.2, 0.25) is 0 Å². The van der Waals surface area contributed by atoms with Crippen molar-refractivity contribution >= 4 is 41.4 Å². The summed E-state index contributed by atoms with van der Waals surface area (Å²) in [5.74, 6) is -6.41. The van der Waals surface area contributed by atoms with Crippen LogP contribution in [-0.4, -0.2) is 121 Å². The molecule has 2 fully saturated rings. The predicted molar refractivity (Wildman–Crippen MR) is 240 cm³/mol. The number of ether oxygens (including phenoxy) is 9. The molecule has 0 spiro atoms. The molecule has 66 heavy (non-hydrogen) atoms. The molecule has 3 heterocycles. The number of alkyl halides is 1. The van der Waals surface area contributed by atoms with Gasteiger partial charge in [-0.1, -0.05) is 96.7 Å². The maximum absolute atomic E-state index is 13.7. The van der Waals surface area contributed by atoms with Gasteiger partial charge in [0.05, 0.1) is 64.2 Å². The molecule has 1 aromatic carbocycles. The number of esters is 5. The van der Waals surface area contributed by atoms with Crippen molar-refractivity contribution in [1.82, 2.24) is 0 Å². The van der Waals surface area contributed by atoms with Crippen molar-refractivity contribution in [3.05, 3.63) is 59.7 Å². The van der Waals surface area contributed by atoms with Crippen LogP contribution in [-0.2, 0) is 73.2 Å². The molecule has 0 saturated carbocycles. The Morgan fingerprint density at radius 1 is 0.970 bits per heavy atom. The number of halogens is 1. The van der Waals surface area contributed by atoms with Crippen LogP contribution < -0.4 is 0 Å². The number of cyclic esters (lactones) is 2. The van der Waals surface area contributed by atoms with Crippen LogP contribution in [0, 0.1) is 10.8 Å². The Labute approximate surface area is 393 Å². The van der Waals surface area contributed by atoms with Crippen LogP contribution in [0.3, 0.4) is 0 Å². The van der Waals surface area contributed by atoms with E-state index < -0.39 is 108 Å². The number of unbranched alkanes of at least 4 members (excludes halogenated alkanes) is 4. The first-order valence-electron chi connectivity index (χ1n) is 23.1. The average molecular weight is 952 g/mol. The molecule has 0 amide bonds. The number of hydrogen-bond acceptors (Lipinski definition) is 16. The van der Waals surface area contributed by atoms with Gasteiger partial charge in [-0.3, -0.25) is 19.2 Å². The minimum atomic E-state index is -2.36. The fourth-order valence-electron chi connectivity index (χ4n) is 8.04. The van der Waals surface area contributed by atoms with Crippen molar-refractivity contribution in [3.8, 4) is 0 Å². The molecule has 3 aliphatic rings. The molecule has 0 aliphatic carbocycles. The number of carbonyl (C=O) groups excluding carboxylic acids is 5. The van der Waals surface area contributed by atoms with Gasteiger partial charge < -0.3 is 52.8 Å². The number of aliphatic hydroxyl groups excluding tert-OH is 1. The minimum absolute atomic E-state index is 0.0569. The van der Waals surface area contributed by atoms with Gasteiger partial charge in [-0.25, -0.2) is 4.79 Å². The molecular weight excluding hydrogens is 880 g/mol. The van der Waals surface area contributed by atoms with Crippen molar-refractivity contribution in [3.63, 3.8) is 0 Å². The monoisotopic (exact) mass is 950 g/mol. The summed E-state index contributed by atoms with van der Waals surface area (Å²) in [5, 5.41) is 24.1. The van der Waals surface area contributed by atoms with Gasteiger partial charge in [0.15, 0.2) is 12.4 Å². The molecule has 0 radical (unpaired) electrons. The molecule has 9 atom stereocenters. The molecule has 2 N–H and O–H groups in total. The number of methoxy groups -OCH3 is 1. The van der Waals surface area contributed by atoms with Gasteiger partial charge in [-0.2, -0.15) is 0 Å². The Morgan fingerprint density at radius 3 is 2.35 bits per heavy atom. The van der Waals surface area contributed by atoms with Gasteiger partial charge in [0.1, 0.15) is 18.1 Å². The smallest absolute Gasteiger partial charge is 0.330 e. The largest absolute Gasteiger partial charge is 0.466 e. The number of carbonyl (C=O) groups is 5. The minimum Gasteiger partial charge on any atom is -0.466 e. The Balaban J connectivity index is 1.79. The zero-order valence-electron chi connectivity index (χ0n) is 39.5. The Bertz CT molecular complexity index is 1800. The fourth-order valence-corrected chi connectivity index (χ4v) is 8.11. The van der Waals surface area contributed by atoms with Crippen molar-refractivity contribution < 1.29 is 76.8 Å². The molecule has 1 unspecified atom stereocenters. The SMILES string of the molecule is CCCCCCCC(=O)O[C@H]1/C(=C/C(=O)OC)C[C@H]2CC([C@@H](C)OCc3ccccc3)OC(=O)C[C@H](O)CC(=O)O[C@H](C(C)(C)COC(=O)CCl)C[C@@H]3CCO[C@H](/C=C/C(C)(C)[C@]1(O)O2)O3. The first-order chi connectivity index (χ1) is 31.3. The number of benzene rings is 1. The van der Waals surface area contributed by atoms with Gasteiger partial charge in [0.2, 0.25) is 5.79 Å². The van der Waals surface area contributed by atoms with Gasteiger partial charge in [0.25, 0.3) is 0 Å². The van der Waals surface area contributed by atoms with Crippen molar-refractivity contribution in [2.45, 2.75) is 180 Å². The van der Waals surface area contributed by atoms with Crippen molar-refractivity contribution in [2.75, 3.05) is 26.2 Å². The Morgan fingerprint density at radius 2 is 1.67 bits per heavy atom. The van der Waals surface area contributed by atoms with Crippen LogP contribution in [0.1, 0.15) is 124 Å². The lowest BCUT2D eigenvalue weighted by Crippen LogP contribution is -2.62. The average Bonchev–Trinajstić information content (AvgIpc) is 3.27. The first kappa shape index (κ1) is 54.7. The molecular formula is C49H71ClO16. The van der Waals surface area contributed by atoms with Gasteiger partial charge >= 0.3 is 29.8 Å². The van der Waals surface area contributed by atoms with E-state index in [1.165, 1.54) is 13.2 Å². The highest BCUT2D eigenvalue weighted by Gasteiger charge is 2.58. The van der Waals surface area contributed by atoms with Crippen molar-refractivity contribution in [2.24, 2.45) is 10.8 Å². The quantitative estimate of drug-likeness (QED) is 0.0440. The standard InChI is InChI=1S/C49H71ClO16/c1-8-9-10-11-15-18-40(52)65-46-34(24-41(53)58-7)23-37-27-38(32(2)60-30-33-16-13-12-14-17-33)63-42(54)25-35(51)26-43(55)64-39(47(3,4)31-61-44(56)29-50)28-36-20-22-59-45(62-36)19-21-48(5,6)49(46,57)66-37/h12-14,16-17,19,21,24,32,35-39,45-46,51,57H,8-11,15,18,20,22-23,25-31H2,1-7H3/b21-19+,34-24+/t32-,35+,36+,37+,38?,39+,45+,46+,49-/m1/s1. The van der Waals surface area contributed by atoms with Crippen LogP contribution in [0.25, 0.3) is 0 Å². The predicted octanol–water partition coefficient (Wildman–Crippen LogP) is 6.72. The highest BCUT2D eigenvalue weighted by molar-refractivity contribution is 6.26. The number of hydrogen-bond donors (Lipinski definition) is 2. The van der Waals surface area contributed by atoms with E-state index in [4.69, 9.17) is 54.2 Å².